The van der Waals surface area contributed by atoms with Gasteiger partial charge in [-0.25, -0.2) is 0 Å². The second-order valence-electron chi connectivity index (χ2n) is 7.03. The fourth-order valence-corrected chi connectivity index (χ4v) is 4.13. The highest BCUT2D eigenvalue weighted by Crippen LogP contribution is 2.32. The molecule has 0 saturated carbocycles. The summed E-state index contributed by atoms with van der Waals surface area (Å²) in [7, 11) is 0. The number of ether oxygens (including phenoxy) is 1. The Labute approximate surface area is 148 Å². The average molecular weight is 339 g/mol. The fourth-order valence-electron chi connectivity index (χ4n) is 4.13. The van der Waals surface area contributed by atoms with Gasteiger partial charge in [-0.3, -0.25) is 9.48 Å². The average Bonchev–Trinajstić information content (AvgIpc) is 3.19. The molecule has 1 atom stereocenters. The van der Waals surface area contributed by atoms with E-state index in [1.807, 2.05) is 16.9 Å². The minimum Gasteiger partial charge on any atom is -0.381 e. The summed E-state index contributed by atoms with van der Waals surface area (Å²) in [4.78, 5) is 15.1. The van der Waals surface area contributed by atoms with Gasteiger partial charge in [0.15, 0.2) is 0 Å². The van der Waals surface area contributed by atoms with Crippen molar-refractivity contribution in [3.05, 3.63) is 53.9 Å². The molecule has 1 fully saturated rings. The van der Waals surface area contributed by atoms with E-state index in [2.05, 4.69) is 34.3 Å². The van der Waals surface area contributed by atoms with Crippen molar-refractivity contribution in [1.29, 1.82) is 0 Å². The number of hydrogen-bond donors (Lipinski definition) is 0. The van der Waals surface area contributed by atoms with E-state index >= 15 is 0 Å². The summed E-state index contributed by atoms with van der Waals surface area (Å²) in [5.74, 6) is 0.775. The predicted molar refractivity (Wildman–Crippen MR) is 94.9 cm³/mol. The Kier molecular flexibility index (Phi) is 4.83. The molecule has 5 heteroatoms. The molecule has 4 rings (SSSR count). The monoisotopic (exact) mass is 339 g/mol. The van der Waals surface area contributed by atoms with Crippen molar-refractivity contribution in [2.75, 3.05) is 13.2 Å². The van der Waals surface area contributed by atoms with Crippen molar-refractivity contribution in [2.45, 2.75) is 44.8 Å². The van der Waals surface area contributed by atoms with Crippen molar-refractivity contribution < 1.29 is 9.53 Å². The predicted octanol–water partition coefficient (Wildman–Crippen LogP) is 2.65. The normalized spacial score (nSPS) is 21.1. The molecule has 0 N–H and O–H groups in total. The number of aryl methyl sites for hydroxylation is 1. The van der Waals surface area contributed by atoms with E-state index in [1.165, 1.54) is 11.1 Å². The van der Waals surface area contributed by atoms with Crippen LogP contribution in [0.3, 0.4) is 0 Å². The first kappa shape index (κ1) is 16.3. The lowest BCUT2D eigenvalue weighted by molar-refractivity contribution is -0.137. The van der Waals surface area contributed by atoms with Gasteiger partial charge in [0.25, 0.3) is 0 Å². The third-order valence-corrected chi connectivity index (χ3v) is 5.53. The lowest BCUT2D eigenvalue weighted by Crippen LogP contribution is -2.49. The number of aromatic nitrogens is 2. The van der Waals surface area contributed by atoms with Crippen LogP contribution in [-0.2, 0) is 29.0 Å². The van der Waals surface area contributed by atoms with E-state index < -0.39 is 0 Å². The van der Waals surface area contributed by atoms with Gasteiger partial charge >= 0.3 is 0 Å². The molecule has 1 saturated heterocycles. The SMILES string of the molecule is O=C(CCn1cccn1)N1Cc2ccccc2C[C@@H]1C1CCOCC1. The van der Waals surface area contributed by atoms with Crippen LogP contribution in [0.15, 0.2) is 42.7 Å². The number of nitrogens with zero attached hydrogens (tertiary/aromatic N) is 3. The minimum absolute atomic E-state index is 0.237. The van der Waals surface area contributed by atoms with Gasteiger partial charge in [-0.15, -0.1) is 0 Å². The van der Waals surface area contributed by atoms with Crippen LogP contribution in [0.4, 0.5) is 0 Å². The molecule has 0 radical (unpaired) electrons. The standard InChI is InChI=1S/C20H25N3O2/c24-20(6-11-22-10-3-9-21-22)23-15-18-5-2-1-4-17(18)14-19(23)16-7-12-25-13-8-16/h1-5,9-10,16,19H,6-8,11-15H2/t19-/m1/s1. The molecule has 0 aliphatic carbocycles. The highest BCUT2D eigenvalue weighted by molar-refractivity contribution is 5.77. The molecule has 1 amide bonds. The first-order valence-corrected chi connectivity index (χ1v) is 9.22. The first-order valence-electron chi connectivity index (χ1n) is 9.22. The fraction of sp³-hybridized carbons (Fsp3) is 0.500. The summed E-state index contributed by atoms with van der Waals surface area (Å²) in [6.45, 7) is 3.01. The van der Waals surface area contributed by atoms with Crippen LogP contribution in [0.1, 0.15) is 30.4 Å². The molecule has 3 heterocycles. The van der Waals surface area contributed by atoms with Gasteiger partial charge in [-0.2, -0.15) is 5.10 Å². The number of amides is 1. The van der Waals surface area contributed by atoms with E-state index in [4.69, 9.17) is 4.74 Å². The minimum atomic E-state index is 0.237. The van der Waals surface area contributed by atoms with Gasteiger partial charge in [0.1, 0.15) is 0 Å². The molecule has 1 aromatic carbocycles. The number of benzene rings is 1. The van der Waals surface area contributed by atoms with E-state index in [0.29, 0.717) is 24.9 Å². The Balaban J connectivity index is 1.52. The van der Waals surface area contributed by atoms with Crippen molar-refractivity contribution in [1.82, 2.24) is 14.7 Å². The van der Waals surface area contributed by atoms with Crippen LogP contribution in [0, 0.1) is 5.92 Å². The summed E-state index contributed by atoms with van der Waals surface area (Å²) in [5, 5.41) is 4.21. The quantitative estimate of drug-likeness (QED) is 0.860. The van der Waals surface area contributed by atoms with Crippen LogP contribution in [0.5, 0.6) is 0 Å². The van der Waals surface area contributed by atoms with E-state index in [1.54, 1.807) is 6.20 Å². The molecule has 2 aliphatic rings. The molecule has 5 nitrogen and oxygen atoms in total. The van der Waals surface area contributed by atoms with Gasteiger partial charge < -0.3 is 9.64 Å². The van der Waals surface area contributed by atoms with E-state index in [-0.39, 0.29) is 5.91 Å². The molecular weight excluding hydrogens is 314 g/mol. The smallest absolute Gasteiger partial charge is 0.225 e. The number of carbonyl (C=O) groups excluding carboxylic acids is 1. The molecule has 132 valence electrons. The Morgan fingerprint density at radius 2 is 1.96 bits per heavy atom. The highest BCUT2D eigenvalue weighted by atomic mass is 16.5. The van der Waals surface area contributed by atoms with Crippen molar-refractivity contribution in [3.63, 3.8) is 0 Å². The molecular formula is C20H25N3O2. The third-order valence-electron chi connectivity index (χ3n) is 5.53. The Hall–Kier alpha value is -2.14. The maximum atomic E-state index is 13.0. The largest absolute Gasteiger partial charge is 0.381 e. The summed E-state index contributed by atoms with van der Waals surface area (Å²) in [6.07, 6.45) is 7.24. The molecule has 0 spiro atoms. The van der Waals surface area contributed by atoms with E-state index in [0.717, 1.165) is 39.0 Å². The maximum Gasteiger partial charge on any atom is 0.225 e. The Morgan fingerprint density at radius 3 is 2.72 bits per heavy atom. The van der Waals surface area contributed by atoms with Crippen LogP contribution >= 0.6 is 0 Å². The maximum absolute atomic E-state index is 13.0. The molecule has 1 aromatic heterocycles. The van der Waals surface area contributed by atoms with Gasteiger partial charge in [-0.1, -0.05) is 24.3 Å². The van der Waals surface area contributed by atoms with Crippen LogP contribution in [0.25, 0.3) is 0 Å². The zero-order chi connectivity index (χ0) is 17.1. The van der Waals surface area contributed by atoms with Gasteiger partial charge in [0.05, 0.1) is 0 Å². The van der Waals surface area contributed by atoms with Gasteiger partial charge in [-0.05, 0) is 42.4 Å². The summed E-state index contributed by atoms with van der Waals surface area (Å²) < 4.78 is 7.37. The number of fused-ring (bicyclic) bond motifs is 1. The summed E-state index contributed by atoms with van der Waals surface area (Å²) in [5.41, 5.74) is 2.69. The molecule has 25 heavy (non-hydrogen) atoms. The van der Waals surface area contributed by atoms with Gasteiger partial charge in [0.2, 0.25) is 5.91 Å². The third kappa shape index (κ3) is 3.61. The summed E-state index contributed by atoms with van der Waals surface area (Å²) in [6, 6.07) is 10.7. The van der Waals surface area contributed by atoms with Crippen molar-refractivity contribution in [2.24, 2.45) is 5.92 Å². The highest BCUT2D eigenvalue weighted by Gasteiger charge is 2.35. The number of carbonyl (C=O) groups is 1. The molecule has 2 aliphatic heterocycles. The lowest BCUT2D eigenvalue weighted by Gasteiger charge is -2.42. The zero-order valence-electron chi connectivity index (χ0n) is 14.5. The van der Waals surface area contributed by atoms with Gasteiger partial charge in [0, 0.05) is 51.2 Å². The summed E-state index contributed by atoms with van der Waals surface area (Å²) >= 11 is 0. The lowest BCUT2D eigenvalue weighted by atomic mass is 9.82. The molecule has 0 unspecified atom stereocenters. The molecule has 0 bridgehead atoms. The van der Waals surface area contributed by atoms with Crippen molar-refractivity contribution in [3.8, 4) is 0 Å². The van der Waals surface area contributed by atoms with Crippen LogP contribution in [0.2, 0.25) is 0 Å². The number of rotatable bonds is 4. The topological polar surface area (TPSA) is 47.4 Å². The number of hydrogen-bond acceptors (Lipinski definition) is 3. The second-order valence-corrected chi connectivity index (χ2v) is 7.03. The zero-order valence-corrected chi connectivity index (χ0v) is 14.5. The van der Waals surface area contributed by atoms with E-state index in [9.17, 15) is 4.79 Å². The van der Waals surface area contributed by atoms with Crippen LogP contribution in [-0.4, -0.2) is 39.8 Å². The second kappa shape index (κ2) is 7.40. The first-order chi connectivity index (χ1) is 12.3. The Bertz CT molecular complexity index is 707. The van der Waals surface area contributed by atoms with Crippen molar-refractivity contribution >= 4 is 5.91 Å². The van der Waals surface area contributed by atoms with Crippen LogP contribution < -0.4 is 0 Å². The Morgan fingerprint density at radius 1 is 1.16 bits per heavy atom. The molecule has 2 aromatic rings.